The number of amides is 1. The van der Waals surface area contributed by atoms with Crippen LogP contribution in [-0.2, 0) is 4.74 Å². The predicted molar refractivity (Wildman–Crippen MR) is 89.8 cm³/mol. The van der Waals surface area contributed by atoms with E-state index < -0.39 is 5.60 Å². The van der Waals surface area contributed by atoms with Crippen molar-refractivity contribution in [2.24, 2.45) is 0 Å². The fourth-order valence-electron chi connectivity index (χ4n) is 2.45. The molecule has 0 saturated carbocycles. The summed E-state index contributed by atoms with van der Waals surface area (Å²) in [6.07, 6.45) is -0.280. The Labute approximate surface area is 141 Å². The lowest BCUT2D eigenvalue weighted by Gasteiger charge is -2.34. The standard InChI is InChI=1S/C17H22N4O3/c1-17(2,3)24-16(22)21-11-9-20(10-12-21)15-19-18-14(23-15)13-7-5-4-6-8-13/h4-8H,9-12H2,1-3H3. The van der Waals surface area contributed by atoms with Gasteiger partial charge in [0.05, 0.1) is 0 Å². The molecule has 1 amide bonds. The molecule has 1 aromatic heterocycles. The zero-order valence-electron chi connectivity index (χ0n) is 14.2. The number of anilines is 1. The molecule has 1 aliphatic heterocycles. The molecule has 2 heterocycles. The van der Waals surface area contributed by atoms with E-state index in [1.165, 1.54) is 0 Å². The van der Waals surface area contributed by atoms with Gasteiger partial charge in [0, 0.05) is 31.7 Å². The second-order valence-corrected chi connectivity index (χ2v) is 6.71. The fraction of sp³-hybridized carbons (Fsp3) is 0.471. The van der Waals surface area contributed by atoms with Crippen molar-refractivity contribution >= 4 is 12.1 Å². The van der Waals surface area contributed by atoms with Gasteiger partial charge >= 0.3 is 12.1 Å². The average Bonchev–Trinajstić information content (AvgIpc) is 3.04. The van der Waals surface area contributed by atoms with Crippen molar-refractivity contribution < 1.29 is 13.9 Å². The third kappa shape index (κ3) is 3.84. The minimum atomic E-state index is -0.481. The highest BCUT2D eigenvalue weighted by Gasteiger charge is 2.27. The number of piperazine rings is 1. The van der Waals surface area contributed by atoms with Crippen LogP contribution in [0.2, 0.25) is 0 Å². The minimum Gasteiger partial charge on any atom is -0.444 e. The zero-order valence-corrected chi connectivity index (χ0v) is 14.2. The van der Waals surface area contributed by atoms with E-state index in [1.54, 1.807) is 4.90 Å². The van der Waals surface area contributed by atoms with Crippen molar-refractivity contribution in [1.82, 2.24) is 15.1 Å². The van der Waals surface area contributed by atoms with E-state index in [-0.39, 0.29) is 6.09 Å². The maximum Gasteiger partial charge on any atom is 0.410 e. The Hall–Kier alpha value is -2.57. The Morgan fingerprint density at radius 2 is 1.75 bits per heavy atom. The smallest absolute Gasteiger partial charge is 0.410 e. The van der Waals surface area contributed by atoms with Gasteiger partial charge in [-0.1, -0.05) is 23.3 Å². The molecule has 2 aromatic rings. The molecule has 7 nitrogen and oxygen atoms in total. The van der Waals surface area contributed by atoms with E-state index >= 15 is 0 Å². The van der Waals surface area contributed by atoms with E-state index in [0.717, 1.165) is 5.56 Å². The molecule has 0 radical (unpaired) electrons. The molecule has 0 bridgehead atoms. The Bertz CT molecular complexity index is 685. The third-order valence-corrected chi connectivity index (χ3v) is 3.64. The van der Waals surface area contributed by atoms with Gasteiger partial charge in [0.2, 0.25) is 5.89 Å². The van der Waals surface area contributed by atoms with Crippen LogP contribution in [-0.4, -0.2) is 53.0 Å². The van der Waals surface area contributed by atoms with Gasteiger partial charge in [0.25, 0.3) is 0 Å². The van der Waals surface area contributed by atoms with E-state index in [4.69, 9.17) is 9.15 Å². The molecular weight excluding hydrogens is 308 g/mol. The molecule has 3 rings (SSSR count). The lowest BCUT2D eigenvalue weighted by Crippen LogP contribution is -2.50. The summed E-state index contributed by atoms with van der Waals surface area (Å²) in [6, 6.07) is 10.1. The summed E-state index contributed by atoms with van der Waals surface area (Å²) in [5.74, 6) is 0.500. The van der Waals surface area contributed by atoms with Crippen LogP contribution in [0.4, 0.5) is 10.8 Å². The Balaban J connectivity index is 1.59. The highest BCUT2D eigenvalue weighted by Crippen LogP contribution is 2.22. The number of carbonyl (C=O) groups is 1. The SMILES string of the molecule is CC(C)(C)OC(=O)N1CCN(c2nnc(-c3ccccc3)o2)CC1. The number of ether oxygens (including phenoxy) is 1. The Morgan fingerprint density at radius 3 is 2.38 bits per heavy atom. The monoisotopic (exact) mass is 330 g/mol. The van der Waals surface area contributed by atoms with E-state index in [1.807, 2.05) is 56.0 Å². The Morgan fingerprint density at radius 1 is 1.08 bits per heavy atom. The second kappa shape index (κ2) is 6.51. The number of aromatic nitrogens is 2. The molecule has 0 N–H and O–H groups in total. The number of carbonyl (C=O) groups excluding carboxylic acids is 1. The summed E-state index contributed by atoms with van der Waals surface area (Å²) in [6.45, 7) is 8.00. The summed E-state index contributed by atoms with van der Waals surface area (Å²) < 4.78 is 11.2. The summed E-state index contributed by atoms with van der Waals surface area (Å²) in [7, 11) is 0. The topological polar surface area (TPSA) is 71.7 Å². The van der Waals surface area contributed by atoms with Crippen molar-refractivity contribution in [2.45, 2.75) is 26.4 Å². The van der Waals surface area contributed by atoms with Crippen LogP contribution in [0.15, 0.2) is 34.7 Å². The van der Waals surface area contributed by atoms with Gasteiger partial charge in [-0.15, -0.1) is 5.10 Å². The average molecular weight is 330 g/mol. The lowest BCUT2D eigenvalue weighted by atomic mass is 10.2. The highest BCUT2D eigenvalue weighted by atomic mass is 16.6. The number of benzene rings is 1. The third-order valence-electron chi connectivity index (χ3n) is 3.64. The van der Waals surface area contributed by atoms with Gasteiger partial charge in [0.15, 0.2) is 0 Å². The quantitative estimate of drug-likeness (QED) is 0.843. The van der Waals surface area contributed by atoms with Gasteiger partial charge in [-0.2, -0.15) is 0 Å². The number of nitrogens with zero attached hydrogens (tertiary/aromatic N) is 4. The molecule has 1 aliphatic rings. The molecule has 1 aromatic carbocycles. The van der Waals surface area contributed by atoms with Gasteiger partial charge in [0.1, 0.15) is 5.60 Å². The van der Waals surface area contributed by atoms with Crippen LogP contribution >= 0.6 is 0 Å². The van der Waals surface area contributed by atoms with Crippen molar-refractivity contribution in [3.05, 3.63) is 30.3 Å². The van der Waals surface area contributed by atoms with E-state index in [0.29, 0.717) is 38.1 Å². The first-order valence-corrected chi connectivity index (χ1v) is 8.04. The zero-order chi connectivity index (χ0) is 17.2. The van der Waals surface area contributed by atoms with Crippen LogP contribution in [0.3, 0.4) is 0 Å². The Kier molecular flexibility index (Phi) is 4.42. The highest BCUT2D eigenvalue weighted by molar-refractivity contribution is 5.68. The van der Waals surface area contributed by atoms with Crippen molar-refractivity contribution in [2.75, 3.05) is 31.1 Å². The van der Waals surface area contributed by atoms with Crippen molar-refractivity contribution in [3.63, 3.8) is 0 Å². The summed E-state index contributed by atoms with van der Waals surface area (Å²) in [5, 5.41) is 8.22. The van der Waals surface area contributed by atoms with Gasteiger partial charge < -0.3 is 19.0 Å². The van der Waals surface area contributed by atoms with Crippen LogP contribution in [0.25, 0.3) is 11.5 Å². The molecule has 0 unspecified atom stereocenters. The largest absolute Gasteiger partial charge is 0.444 e. The summed E-state index contributed by atoms with van der Waals surface area (Å²) in [5.41, 5.74) is 0.411. The van der Waals surface area contributed by atoms with Crippen molar-refractivity contribution in [1.29, 1.82) is 0 Å². The molecule has 0 atom stereocenters. The van der Waals surface area contributed by atoms with E-state index in [2.05, 4.69) is 10.2 Å². The first-order valence-electron chi connectivity index (χ1n) is 8.04. The second-order valence-electron chi connectivity index (χ2n) is 6.71. The molecule has 0 aliphatic carbocycles. The predicted octanol–water partition coefficient (Wildman–Crippen LogP) is 2.79. The molecule has 1 saturated heterocycles. The van der Waals surface area contributed by atoms with Gasteiger partial charge in [-0.25, -0.2) is 4.79 Å². The van der Waals surface area contributed by atoms with Gasteiger partial charge in [-0.05, 0) is 32.9 Å². The molecule has 24 heavy (non-hydrogen) atoms. The summed E-state index contributed by atoms with van der Waals surface area (Å²) in [4.78, 5) is 15.8. The maximum atomic E-state index is 12.1. The molecular formula is C17H22N4O3. The van der Waals surface area contributed by atoms with Gasteiger partial charge in [-0.3, -0.25) is 0 Å². The molecule has 7 heteroatoms. The number of hydrogen-bond donors (Lipinski definition) is 0. The van der Waals surface area contributed by atoms with Crippen LogP contribution in [0.5, 0.6) is 0 Å². The normalized spacial score (nSPS) is 15.5. The molecule has 128 valence electrons. The summed E-state index contributed by atoms with van der Waals surface area (Å²) >= 11 is 0. The van der Waals surface area contributed by atoms with E-state index in [9.17, 15) is 4.79 Å². The first kappa shape index (κ1) is 16.3. The molecule has 0 spiro atoms. The minimum absolute atomic E-state index is 0.280. The fourth-order valence-corrected chi connectivity index (χ4v) is 2.45. The lowest BCUT2D eigenvalue weighted by molar-refractivity contribution is 0.0239. The van der Waals surface area contributed by atoms with Crippen LogP contribution < -0.4 is 4.90 Å². The number of rotatable bonds is 2. The maximum absolute atomic E-state index is 12.1. The molecule has 1 fully saturated rings. The first-order chi connectivity index (χ1) is 11.4. The number of hydrogen-bond acceptors (Lipinski definition) is 6. The van der Waals surface area contributed by atoms with Crippen LogP contribution in [0, 0.1) is 0 Å². The van der Waals surface area contributed by atoms with Crippen LogP contribution in [0.1, 0.15) is 20.8 Å². The van der Waals surface area contributed by atoms with Crippen molar-refractivity contribution in [3.8, 4) is 11.5 Å².